The summed E-state index contributed by atoms with van der Waals surface area (Å²) in [6.07, 6.45) is 1.81. The van der Waals surface area contributed by atoms with E-state index in [0.717, 1.165) is 16.9 Å². The second-order valence-corrected chi connectivity index (χ2v) is 4.35. The van der Waals surface area contributed by atoms with E-state index in [1.807, 2.05) is 13.1 Å². The van der Waals surface area contributed by atoms with Crippen LogP contribution in [0.25, 0.3) is 5.65 Å². The fraction of sp³-hybridized carbons (Fsp3) is 0.417. The molecule has 0 aliphatic heterocycles. The number of aryl methyl sites for hydroxylation is 1. The van der Waals surface area contributed by atoms with Gasteiger partial charge >= 0.3 is 0 Å². The van der Waals surface area contributed by atoms with Crippen LogP contribution in [-0.4, -0.2) is 27.6 Å². The van der Waals surface area contributed by atoms with Gasteiger partial charge in [0.1, 0.15) is 5.69 Å². The fourth-order valence-corrected chi connectivity index (χ4v) is 1.78. The highest BCUT2D eigenvalue weighted by molar-refractivity contribution is 5.92. The van der Waals surface area contributed by atoms with Crippen LogP contribution in [0.15, 0.2) is 12.3 Å². The molecule has 1 N–H and O–H groups in total. The molecule has 0 aliphatic carbocycles. The van der Waals surface area contributed by atoms with Crippen molar-refractivity contribution in [2.24, 2.45) is 0 Å². The van der Waals surface area contributed by atoms with Crippen LogP contribution in [0.1, 0.15) is 41.5 Å². The van der Waals surface area contributed by atoms with E-state index >= 15 is 0 Å². The molecule has 0 aliphatic rings. The van der Waals surface area contributed by atoms with Gasteiger partial charge in [0.2, 0.25) is 0 Å². The minimum Gasteiger partial charge on any atom is -0.354 e. The van der Waals surface area contributed by atoms with Crippen LogP contribution < -0.4 is 5.32 Å². The Bertz CT molecular complexity index is 571. The van der Waals surface area contributed by atoms with Gasteiger partial charge in [0.25, 0.3) is 5.91 Å². The lowest BCUT2D eigenvalue weighted by Crippen LogP contribution is -2.20. The molecule has 2 aromatic rings. The number of nitrogens with zero attached hydrogens (tertiary/aromatic N) is 3. The molecule has 0 fully saturated rings. The Morgan fingerprint density at radius 3 is 2.76 bits per heavy atom. The Labute approximate surface area is 99.9 Å². The van der Waals surface area contributed by atoms with Crippen LogP contribution in [0.5, 0.6) is 0 Å². The third-order valence-corrected chi connectivity index (χ3v) is 2.76. The van der Waals surface area contributed by atoms with Crippen LogP contribution in [0.4, 0.5) is 0 Å². The summed E-state index contributed by atoms with van der Waals surface area (Å²) in [6, 6.07) is 1.74. The Morgan fingerprint density at radius 2 is 2.18 bits per heavy atom. The standard InChI is InChI=1S/C12H16N4O/c1-7(2)9-6-14-16-8(3)5-10(12(17)13-4)15-11(9)16/h5-7H,1-4H3,(H,13,17). The van der Waals surface area contributed by atoms with E-state index in [-0.39, 0.29) is 5.91 Å². The second kappa shape index (κ2) is 4.16. The van der Waals surface area contributed by atoms with Crippen LogP contribution in [-0.2, 0) is 0 Å². The molecule has 0 saturated carbocycles. The number of carbonyl (C=O) groups excluding carboxylic acids is 1. The summed E-state index contributed by atoms with van der Waals surface area (Å²) in [5.74, 6) is 0.158. The molecule has 1 amide bonds. The van der Waals surface area contributed by atoms with Gasteiger partial charge in [-0.2, -0.15) is 5.10 Å². The number of carbonyl (C=O) groups is 1. The molecule has 5 heteroatoms. The highest BCUT2D eigenvalue weighted by Crippen LogP contribution is 2.20. The van der Waals surface area contributed by atoms with Crippen molar-refractivity contribution in [1.82, 2.24) is 19.9 Å². The van der Waals surface area contributed by atoms with Crippen molar-refractivity contribution >= 4 is 11.6 Å². The average Bonchev–Trinajstić information content (AvgIpc) is 2.72. The molecular weight excluding hydrogens is 216 g/mol. The molecule has 0 saturated heterocycles. The third kappa shape index (κ3) is 1.88. The first-order valence-corrected chi connectivity index (χ1v) is 5.62. The Hall–Kier alpha value is -1.91. The van der Waals surface area contributed by atoms with Gasteiger partial charge in [-0.15, -0.1) is 0 Å². The molecule has 90 valence electrons. The normalized spacial score (nSPS) is 11.1. The maximum atomic E-state index is 11.6. The highest BCUT2D eigenvalue weighted by atomic mass is 16.1. The summed E-state index contributed by atoms with van der Waals surface area (Å²) in [7, 11) is 1.60. The van der Waals surface area contributed by atoms with Crippen molar-refractivity contribution < 1.29 is 4.79 Å². The maximum Gasteiger partial charge on any atom is 0.269 e. The molecule has 2 aromatic heterocycles. The molecule has 2 heterocycles. The molecule has 0 aromatic carbocycles. The summed E-state index contributed by atoms with van der Waals surface area (Å²) in [5, 5.41) is 6.87. The van der Waals surface area contributed by atoms with Crippen molar-refractivity contribution in [2.75, 3.05) is 7.05 Å². The lowest BCUT2D eigenvalue weighted by Gasteiger charge is -2.06. The molecule has 17 heavy (non-hydrogen) atoms. The molecule has 5 nitrogen and oxygen atoms in total. The van der Waals surface area contributed by atoms with E-state index in [0.29, 0.717) is 11.6 Å². The van der Waals surface area contributed by atoms with E-state index in [9.17, 15) is 4.79 Å². The zero-order chi connectivity index (χ0) is 12.6. The number of hydrogen-bond acceptors (Lipinski definition) is 3. The summed E-state index contributed by atoms with van der Waals surface area (Å²) in [5.41, 5.74) is 3.15. The van der Waals surface area contributed by atoms with Crippen molar-refractivity contribution in [2.45, 2.75) is 26.7 Å². The van der Waals surface area contributed by atoms with Crippen LogP contribution >= 0.6 is 0 Å². The summed E-state index contributed by atoms with van der Waals surface area (Å²) in [6.45, 7) is 6.08. The zero-order valence-electron chi connectivity index (χ0n) is 10.5. The molecule has 0 radical (unpaired) electrons. The van der Waals surface area contributed by atoms with E-state index in [1.165, 1.54) is 0 Å². The van der Waals surface area contributed by atoms with Gasteiger partial charge in [-0.3, -0.25) is 4.79 Å². The van der Waals surface area contributed by atoms with Crippen LogP contribution in [0.3, 0.4) is 0 Å². The number of fused-ring (bicyclic) bond motifs is 1. The molecule has 0 unspecified atom stereocenters. The fourth-order valence-electron chi connectivity index (χ4n) is 1.78. The van der Waals surface area contributed by atoms with Crippen LogP contribution in [0, 0.1) is 6.92 Å². The van der Waals surface area contributed by atoms with Gasteiger partial charge in [-0.1, -0.05) is 13.8 Å². The van der Waals surface area contributed by atoms with E-state index < -0.39 is 0 Å². The first-order chi connectivity index (χ1) is 8.04. The van der Waals surface area contributed by atoms with Gasteiger partial charge in [0, 0.05) is 18.3 Å². The minimum absolute atomic E-state index is 0.175. The van der Waals surface area contributed by atoms with Gasteiger partial charge < -0.3 is 5.32 Å². The quantitative estimate of drug-likeness (QED) is 0.854. The molecule has 0 atom stereocenters. The molecule has 0 spiro atoms. The third-order valence-electron chi connectivity index (χ3n) is 2.76. The number of hydrogen-bond donors (Lipinski definition) is 1. The van der Waals surface area contributed by atoms with Crippen LogP contribution in [0.2, 0.25) is 0 Å². The largest absolute Gasteiger partial charge is 0.354 e. The average molecular weight is 232 g/mol. The van der Waals surface area contributed by atoms with Gasteiger partial charge in [-0.05, 0) is 18.9 Å². The van der Waals surface area contributed by atoms with Gasteiger partial charge in [0.05, 0.1) is 6.20 Å². The second-order valence-electron chi connectivity index (χ2n) is 4.35. The first kappa shape index (κ1) is 11.6. The number of rotatable bonds is 2. The Kier molecular flexibility index (Phi) is 2.83. The maximum absolute atomic E-state index is 11.6. The van der Waals surface area contributed by atoms with Crippen molar-refractivity contribution in [3.63, 3.8) is 0 Å². The predicted molar refractivity (Wildman–Crippen MR) is 65.2 cm³/mol. The SMILES string of the molecule is CNC(=O)c1cc(C)n2ncc(C(C)C)c2n1. The van der Waals surface area contributed by atoms with Gasteiger partial charge in [0.15, 0.2) is 5.65 Å². The summed E-state index contributed by atoms with van der Waals surface area (Å²) in [4.78, 5) is 16.0. The topological polar surface area (TPSA) is 59.3 Å². The zero-order valence-corrected chi connectivity index (χ0v) is 10.5. The highest BCUT2D eigenvalue weighted by Gasteiger charge is 2.14. The van der Waals surface area contributed by atoms with Gasteiger partial charge in [-0.25, -0.2) is 9.50 Å². The predicted octanol–water partition coefficient (Wildman–Crippen LogP) is 1.52. The van der Waals surface area contributed by atoms with Crippen molar-refractivity contribution in [1.29, 1.82) is 0 Å². The number of aromatic nitrogens is 3. The lowest BCUT2D eigenvalue weighted by atomic mass is 10.1. The lowest BCUT2D eigenvalue weighted by molar-refractivity contribution is 0.0958. The first-order valence-electron chi connectivity index (χ1n) is 5.62. The molecular formula is C12H16N4O. The smallest absolute Gasteiger partial charge is 0.269 e. The Balaban J connectivity index is 2.69. The summed E-state index contributed by atoms with van der Waals surface area (Å²) >= 11 is 0. The van der Waals surface area contributed by atoms with E-state index in [2.05, 4.69) is 29.2 Å². The number of nitrogens with one attached hydrogen (secondary N) is 1. The van der Waals surface area contributed by atoms with E-state index in [1.54, 1.807) is 17.6 Å². The molecule has 2 rings (SSSR count). The monoisotopic (exact) mass is 232 g/mol. The van der Waals surface area contributed by atoms with Crippen molar-refractivity contribution in [3.05, 3.63) is 29.2 Å². The molecule has 0 bridgehead atoms. The number of amides is 1. The minimum atomic E-state index is -0.175. The Morgan fingerprint density at radius 1 is 1.47 bits per heavy atom. The van der Waals surface area contributed by atoms with Crippen molar-refractivity contribution in [3.8, 4) is 0 Å². The summed E-state index contributed by atoms with van der Waals surface area (Å²) < 4.78 is 1.77. The van der Waals surface area contributed by atoms with E-state index in [4.69, 9.17) is 0 Å².